The molecule has 0 aliphatic heterocycles. The molecule has 4 heteroatoms. The molecule has 1 N–H and O–H groups in total. The third-order valence-corrected chi connectivity index (χ3v) is 3.57. The second-order valence-electron chi connectivity index (χ2n) is 4.49. The summed E-state index contributed by atoms with van der Waals surface area (Å²) in [5.74, 6) is 0.575. The van der Waals surface area contributed by atoms with Crippen LogP contribution < -0.4 is 5.32 Å². The summed E-state index contributed by atoms with van der Waals surface area (Å²) < 4.78 is 5.75. The summed E-state index contributed by atoms with van der Waals surface area (Å²) in [7, 11) is 0. The highest BCUT2D eigenvalue weighted by molar-refractivity contribution is 9.10. The highest BCUT2D eigenvalue weighted by atomic mass is 79.9. The van der Waals surface area contributed by atoms with Gasteiger partial charge < -0.3 is 9.73 Å². The van der Waals surface area contributed by atoms with Crippen LogP contribution in [0.4, 0.5) is 5.69 Å². The van der Waals surface area contributed by atoms with Gasteiger partial charge in [0.25, 0.3) is 5.91 Å². The first kappa shape index (κ1) is 13.9. The normalized spacial score (nSPS) is 12.2. The fraction of sp³-hybridized carbons (Fsp3) is 0.267. The summed E-state index contributed by atoms with van der Waals surface area (Å²) in [6, 6.07) is 11.2. The van der Waals surface area contributed by atoms with Crippen LogP contribution in [-0.4, -0.2) is 5.91 Å². The number of hydrogen-bond acceptors (Lipinski definition) is 2. The molecule has 1 heterocycles. The Hall–Kier alpha value is -1.55. The van der Waals surface area contributed by atoms with Crippen molar-refractivity contribution in [1.82, 2.24) is 0 Å². The van der Waals surface area contributed by atoms with Gasteiger partial charge in [0, 0.05) is 5.69 Å². The van der Waals surface area contributed by atoms with Crippen molar-refractivity contribution in [3.8, 4) is 0 Å². The number of carbonyl (C=O) groups is 1. The molecule has 1 amide bonds. The van der Waals surface area contributed by atoms with E-state index in [-0.39, 0.29) is 11.7 Å². The molecule has 1 atom stereocenters. The maximum atomic E-state index is 11.9. The first-order valence-corrected chi connectivity index (χ1v) is 7.06. The lowest BCUT2D eigenvalue weighted by molar-refractivity contribution is 0.0995. The minimum Gasteiger partial charge on any atom is -0.444 e. The Morgan fingerprint density at radius 3 is 2.47 bits per heavy atom. The molecule has 100 valence electrons. The molecule has 3 nitrogen and oxygen atoms in total. The van der Waals surface area contributed by atoms with Gasteiger partial charge >= 0.3 is 0 Å². The van der Waals surface area contributed by atoms with Crippen LogP contribution in [0.15, 0.2) is 45.5 Å². The first-order valence-electron chi connectivity index (χ1n) is 6.26. The molecule has 0 aliphatic rings. The molecule has 0 spiro atoms. The van der Waals surface area contributed by atoms with Crippen molar-refractivity contribution in [3.63, 3.8) is 0 Å². The zero-order valence-electron chi connectivity index (χ0n) is 10.9. The number of halogens is 1. The summed E-state index contributed by atoms with van der Waals surface area (Å²) in [6.45, 7) is 4.35. The lowest BCUT2D eigenvalue weighted by Crippen LogP contribution is -2.10. The standard InChI is InChI=1S/C15H16BrNO2/c1-3-10(2)11-4-6-12(7-5-11)17-15(18)13-8-9-14(16)19-13/h4-10H,3H2,1-2H3,(H,17,18)/t10-/m0/s1. The summed E-state index contributed by atoms with van der Waals surface area (Å²) in [5.41, 5.74) is 2.05. The van der Waals surface area contributed by atoms with Gasteiger partial charge in [-0.2, -0.15) is 0 Å². The smallest absolute Gasteiger partial charge is 0.291 e. The summed E-state index contributed by atoms with van der Waals surface area (Å²) in [4.78, 5) is 11.9. The fourth-order valence-electron chi connectivity index (χ4n) is 1.76. The molecule has 0 radical (unpaired) electrons. The average molecular weight is 322 g/mol. The second-order valence-corrected chi connectivity index (χ2v) is 5.27. The number of rotatable bonds is 4. The largest absolute Gasteiger partial charge is 0.444 e. The third-order valence-electron chi connectivity index (χ3n) is 3.15. The molecule has 0 unspecified atom stereocenters. The molecular formula is C15H16BrNO2. The van der Waals surface area contributed by atoms with Crippen molar-refractivity contribution in [3.05, 3.63) is 52.4 Å². The lowest BCUT2D eigenvalue weighted by atomic mass is 9.99. The summed E-state index contributed by atoms with van der Waals surface area (Å²) in [5, 5.41) is 2.80. The van der Waals surface area contributed by atoms with E-state index in [0.717, 1.165) is 12.1 Å². The molecule has 2 rings (SSSR count). The Labute approximate surface area is 121 Å². The van der Waals surface area contributed by atoms with Gasteiger partial charge in [-0.1, -0.05) is 26.0 Å². The topological polar surface area (TPSA) is 42.2 Å². The van der Waals surface area contributed by atoms with E-state index >= 15 is 0 Å². The van der Waals surface area contributed by atoms with Gasteiger partial charge in [0.1, 0.15) is 0 Å². The van der Waals surface area contributed by atoms with E-state index in [2.05, 4.69) is 35.1 Å². The van der Waals surface area contributed by atoms with Crippen LogP contribution in [0.5, 0.6) is 0 Å². The van der Waals surface area contributed by atoms with E-state index in [1.54, 1.807) is 12.1 Å². The molecule has 1 aromatic carbocycles. The Morgan fingerprint density at radius 1 is 1.26 bits per heavy atom. The van der Waals surface area contributed by atoms with Crippen LogP contribution in [-0.2, 0) is 0 Å². The molecule has 0 bridgehead atoms. The van der Waals surface area contributed by atoms with Gasteiger partial charge in [0.2, 0.25) is 0 Å². The zero-order valence-corrected chi connectivity index (χ0v) is 12.5. The quantitative estimate of drug-likeness (QED) is 0.878. The van der Waals surface area contributed by atoms with Gasteiger partial charge in [-0.3, -0.25) is 4.79 Å². The van der Waals surface area contributed by atoms with E-state index in [0.29, 0.717) is 10.6 Å². The number of nitrogens with one attached hydrogen (secondary N) is 1. The number of amides is 1. The van der Waals surface area contributed by atoms with Crippen molar-refractivity contribution < 1.29 is 9.21 Å². The van der Waals surface area contributed by atoms with E-state index < -0.39 is 0 Å². The predicted molar refractivity (Wildman–Crippen MR) is 79.5 cm³/mol. The molecule has 0 saturated carbocycles. The van der Waals surface area contributed by atoms with Crippen molar-refractivity contribution in [2.75, 3.05) is 5.32 Å². The number of anilines is 1. The number of furan rings is 1. The van der Waals surface area contributed by atoms with E-state index in [4.69, 9.17) is 4.42 Å². The molecular weight excluding hydrogens is 306 g/mol. The van der Waals surface area contributed by atoms with Gasteiger partial charge in [-0.15, -0.1) is 0 Å². The molecule has 2 aromatic rings. The summed E-state index contributed by atoms with van der Waals surface area (Å²) >= 11 is 3.17. The number of benzene rings is 1. The Morgan fingerprint density at radius 2 is 1.95 bits per heavy atom. The highest BCUT2D eigenvalue weighted by Crippen LogP contribution is 2.21. The van der Waals surface area contributed by atoms with E-state index in [1.807, 2.05) is 24.3 Å². The lowest BCUT2D eigenvalue weighted by Gasteiger charge is -2.10. The maximum Gasteiger partial charge on any atom is 0.291 e. The fourth-order valence-corrected chi connectivity index (χ4v) is 2.07. The van der Waals surface area contributed by atoms with Crippen LogP contribution in [0.1, 0.15) is 42.3 Å². The van der Waals surface area contributed by atoms with Crippen LogP contribution in [0.3, 0.4) is 0 Å². The van der Waals surface area contributed by atoms with Crippen LogP contribution >= 0.6 is 15.9 Å². The van der Waals surface area contributed by atoms with Crippen molar-refractivity contribution in [1.29, 1.82) is 0 Å². The minimum absolute atomic E-state index is 0.248. The number of carbonyl (C=O) groups excluding carboxylic acids is 1. The zero-order chi connectivity index (χ0) is 13.8. The van der Waals surface area contributed by atoms with Crippen LogP contribution in [0, 0.1) is 0 Å². The Kier molecular flexibility index (Phi) is 4.43. The summed E-state index contributed by atoms with van der Waals surface area (Å²) in [6.07, 6.45) is 1.10. The van der Waals surface area contributed by atoms with Crippen LogP contribution in [0.2, 0.25) is 0 Å². The molecule has 0 fully saturated rings. The van der Waals surface area contributed by atoms with Gasteiger partial charge in [-0.25, -0.2) is 0 Å². The van der Waals surface area contributed by atoms with Crippen LogP contribution in [0.25, 0.3) is 0 Å². The minimum atomic E-state index is -0.248. The van der Waals surface area contributed by atoms with Crippen molar-refractivity contribution in [2.24, 2.45) is 0 Å². The molecule has 1 aromatic heterocycles. The molecule has 19 heavy (non-hydrogen) atoms. The number of hydrogen-bond donors (Lipinski definition) is 1. The molecule has 0 aliphatic carbocycles. The van der Waals surface area contributed by atoms with Crippen molar-refractivity contribution in [2.45, 2.75) is 26.2 Å². The van der Waals surface area contributed by atoms with Crippen molar-refractivity contribution >= 4 is 27.5 Å². The maximum absolute atomic E-state index is 11.9. The SMILES string of the molecule is CC[C@H](C)c1ccc(NC(=O)c2ccc(Br)o2)cc1. The second kappa shape index (κ2) is 6.06. The third kappa shape index (κ3) is 3.47. The van der Waals surface area contributed by atoms with E-state index in [1.165, 1.54) is 5.56 Å². The van der Waals surface area contributed by atoms with Gasteiger partial charge in [0.15, 0.2) is 10.4 Å². The van der Waals surface area contributed by atoms with E-state index in [9.17, 15) is 4.79 Å². The first-order chi connectivity index (χ1) is 9.10. The average Bonchev–Trinajstić information content (AvgIpc) is 2.85. The Balaban J connectivity index is 2.05. The highest BCUT2D eigenvalue weighted by Gasteiger charge is 2.10. The Bertz CT molecular complexity index is 560. The molecule has 0 saturated heterocycles. The van der Waals surface area contributed by atoms with Gasteiger partial charge in [0.05, 0.1) is 0 Å². The monoisotopic (exact) mass is 321 g/mol. The predicted octanol–water partition coefficient (Wildman–Crippen LogP) is 4.81. The van der Waals surface area contributed by atoms with Gasteiger partial charge in [-0.05, 0) is 58.1 Å².